The Morgan fingerprint density at radius 1 is 1.20 bits per heavy atom. The molecule has 0 spiro atoms. The number of aromatic nitrogens is 1. The van der Waals surface area contributed by atoms with Gasteiger partial charge in [-0.1, -0.05) is 18.2 Å². The first-order valence-electron chi connectivity index (χ1n) is 6.41. The second kappa shape index (κ2) is 6.67. The summed E-state index contributed by atoms with van der Waals surface area (Å²) in [4.78, 5) is 4.30. The summed E-state index contributed by atoms with van der Waals surface area (Å²) < 4.78 is 27.6. The zero-order valence-electron chi connectivity index (χ0n) is 11.4. The lowest BCUT2D eigenvalue weighted by Gasteiger charge is -2.09. The highest BCUT2D eigenvalue weighted by Gasteiger charge is 2.03. The van der Waals surface area contributed by atoms with Gasteiger partial charge in [-0.2, -0.15) is 0 Å². The lowest BCUT2D eigenvalue weighted by molar-refractivity contribution is 0.318. The fourth-order valence-electron chi connectivity index (χ4n) is 1.81. The van der Waals surface area contributed by atoms with Crippen LogP contribution in [0.15, 0.2) is 36.5 Å². The molecule has 2 aromatic rings. The topological polar surface area (TPSA) is 68.3 Å². The molecular formula is C14H18N2O3S. The number of para-hydroxylation sites is 1. The molecule has 6 heteroatoms. The van der Waals surface area contributed by atoms with Crippen LogP contribution in [0.1, 0.15) is 0 Å². The SMILES string of the molecule is CS(=O)(=O)CCNCCOc1cccc2cccnc12. The molecule has 0 bridgehead atoms. The molecule has 0 atom stereocenters. The van der Waals surface area contributed by atoms with E-state index in [0.29, 0.717) is 19.7 Å². The van der Waals surface area contributed by atoms with E-state index in [0.717, 1.165) is 16.7 Å². The van der Waals surface area contributed by atoms with Gasteiger partial charge < -0.3 is 10.1 Å². The average molecular weight is 294 g/mol. The molecule has 0 saturated carbocycles. The van der Waals surface area contributed by atoms with E-state index in [9.17, 15) is 8.42 Å². The second-order valence-electron chi connectivity index (χ2n) is 4.56. The van der Waals surface area contributed by atoms with Gasteiger partial charge in [0.15, 0.2) is 0 Å². The predicted octanol–water partition coefficient (Wildman–Crippen LogP) is 1.25. The maximum atomic E-state index is 11.0. The molecule has 0 aliphatic heterocycles. The molecule has 0 fully saturated rings. The van der Waals surface area contributed by atoms with Crippen LogP contribution in [0, 0.1) is 0 Å². The Morgan fingerprint density at radius 2 is 2.00 bits per heavy atom. The Bertz CT molecular complexity index is 666. The van der Waals surface area contributed by atoms with E-state index in [2.05, 4.69) is 10.3 Å². The highest BCUT2D eigenvalue weighted by atomic mass is 32.2. The molecule has 0 saturated heterocycles. The summed E-state index contributed by atoms with van der Waals surface area (Å²) in [5, 5.41) is 4.07. The Morgan fingerprint density at radius 3 is 2.80 bits per heavy atom. The van der Waals surface area contributed by atoms with Gasteiger partial charge in [0.2, 0.25) is 0 Å². The van der Waals surface area contributed by atoms with Crippen LogP contribution in [-0.2, 0) is 9.84 Å². The fraction of sp³-hybridized carbons (Fsp3) is 0.357. The summed E-state index contributed by atoms with van der Waals surface area (Å²) in [6, 6.07) is 9.67. The van der Waals surface area contributed by atoms with Crippen LogP contribution >= 0.6 is 0 Å². The average Bonchev–Trinajstić information content (AvgIpc) is 2.41. The number of nitrogens with zero attached hydrogens (tertiary/aromatic N) is 1. The maximum Gasteiger partial charge on any atom is 0.148 e. The number of hydrogen-bond acceptors (Lipinski definition) is 5. The van der Waals surface area contributed by atoms with Crippen LogP contribution in [0.4, 0.5) is 0 Å². The fourth-order valence-corrected chi connectivity index (χ4v) is 2.32. The normalized spacial score (nSPS) is 11.7. The van der Waals surface area contributed by atoms with Crippen molar-refractivity contribution in [1.82, 2.24) is 10.3 Å². The molecule has 1 heterocycles. The molecular weight excluding hydrogens is 276 g/mol. The van der Waals surface area contributed by atoms with Crippen LogP contribution in [-0.4, -0.2) is 45.1 Å². The number of rotatable bonds is 7. The zero-order chi connectivity index (χ0) is 14.4. The molecule has 1 aromatic carbocycles. The van der Waals surface area contributed by atoms with Gasteiger partial charge in [-0.15, -0.1) is 0 Å². The largest absolute Gasteiger partial charge is 0.490 e. The highest BCUT2D eigenvalue weighted by Crippen LogP contribution is 2.22. The van der Waals surface area contributed by atoms with E-state index in [4.69, 9.17) is 4.74 Å². The van der Waals surface area contributed by atoms with Crippen molar-refractivity contribution in [3.63, 3.8) is 0 Å². The number of benzene rings is 1. The van der Waals surface area contributed by atoms with Crippen LogP contribution in [0.5, 0.6) is 5.75 Å². The van der Waals surface area contributed by atoms with E-state index in [1.807, 2.05) is 30.3 Å². The summed E-state index contributed by atoms with van der Waals surface area (Å²) >= 11 is 0. The van der Waals surface area contributed by atoms with Gasteiger partial charge in [-0.05, 0) is 12.1 Å². The summed E-state index contributed by atoms with van der Waals surface area (Å²) in [5.74, 6) is 0.885. The molecule has 0 radical (unpaired) electrons. The number of hydrogen-bond donors (Lipinski definition) is 1. The van der Waals surface area contributed by atoms with Gasteiger partial charge in [0.05, 0.1) is 5.75 Å². The van der Waals surface area contributed by atoms with Crippen molar-refractivity contribution < 1.29 is 13.2 Å². The number of fused-ring (bicyclic) bond motifs is 1. The van der Waals surface area contributed by atoms with Crippen LogP contribution < -0.4 is 10.1 Å². The molecule has 1 aromatic heterocycles. The first-order valence-corrected chi connectivity index (χ1v) is 8.47. The third-order valence-electron chi connectivity index (χ3n) is 2.78. The number of sulfone groups is 1. The van der Waals surface area contributed by atoms with Gasteiger partial charge in [-0.3, -0.25) is 4.98 Å². The Kier molecular flexibility index (Phi) is 4.92. The van der Waals surface area contributed by atoms with Gasteiger partial charge >= 0.3 is 0 Å². The summed E-state index contributed by atoms with van der Waals surface area (Å²) in [6.07, 6.45) is 2.96. The Hall–Kier alpha value is -1.66. The van der Waals surface area contributed by atoms with Gasteiger partial charge in [0, 0.05) is 30.9 Å². The number of nitrogens with one attached hydrogen (secondary N) is 1. The van der Waals surface area contributed by atoms with Crippen molar-refractivity contribution >= 4 is 20.7 Å². The van der Waals surface area contributed by atoms with E-state index in [1.165, 1.54) is 6.26 Å². The zero-order valence-corrected chi connectivity index (χ0v) is 12.2. The molecule has 2 rings (SSSR count). The van der Waals surface area contributed by atoms with Crippen molar-refractivity contribution in [2.45, 2.75) is 0 Å². The minimum atomic E-state index is -2.91. The number of pyridine rings is 1. The lowest BCUT2D eigenvalue weighted by atomic mass is 10.2. The van der Waals surface area contributed by atoms with Crippen LogP contribution in [0.2, 0.25) is 0 Å². The van der Waals surface area contributed by atoms with Crippen molar-refractivity contribution in [2.24, 2.45) is 0 Å². The summed E-state index contributed by atoms with van der Waals surface area (Å²) in [7, 11) is -2.91. The van der Waals surface area contributed by atoms with Crippen molar-refractivity contribution in [3.05, 3.63) is 36.5 Å². The standard InChI is InChI=1S/C14H18N2O3S/c1-20(17,18)11-9-15-8-10-19-13-6-2-4-12-5-3-7-16-14(12)13/h2-7,15H,8-11H2,1H3. The quantitative estimate of drug-likeness (QED) is 0.778. The Balaban J connectivity index is 1.82. The van der Waals surface area contributed by atoms with Gasteiger partial charge in [-0.25, -0.2) is 8.42 Å². The molecule has 0 aliphatic rings. The summed E-state index contributed by atoms with van der Waals surface area (Å²) in [6.45, 7) is 1.51. The smallest absolute Gasteiger partial charge is 0.148 e. The monoisotopic (exact) mass is 294 g/mol. The molecule has 5 nitrogen and oxygen atoms in total. The van der Waals surface area contributed by atoms with Crippen molar-refractivity contribution in [3.8, 4) is 5.75 Å². The first kappa shape index (κ1) is 14.7. The third kappa shape index (κ3) is 4.47. The Labute approximate surface area is 118 Å². The molecule has 108 valence electrons. The minimum absolute atomic E-state index is 0.142. The van der Waals surface area contributed by atoms with Gasteiger partial charge in [0.1, 0.15) is 27.7 Å². The molecule has 20 heavy (non-hydrogen) atoms. The van der Waals surface area contributed by atoms with E-state index in [-0.39, 0.29) is 5.75 Å². The summed E-state index contributed by atoms with van der Waals surface area (Å²) in [5.41, 5.74) is 0.839. The van der Waals surface area contributed by atoms with Crippen molar-refractivity contribution in [2.75, 3.05) is 31.7 Å². The van der Waals surface area contributed by atoms with Crippen LogP contribution in [0.25, 0.3) is 10.9 Å². The lowest BCUT2D eigenvalue weighted by Crippen LogP contribution is -2.26. The second-order valence-corrected chi connectivity index (χ2v) is 6.82. The van der Waals surface area contributed by atoms with Crippen molar-refractivity contribution in [1.29, 1.82) is 0 Å². The molecule has 0 amide bonds. The number of ether oxygens (including phenoxy) is 1. The van der Waals surface area contributed by atoms with E-state index < -0.39 is 9.84 Å². The third-order valence-corrected chi connectivity index (χ3v) is 3.73. The molecule has 0 aliphatic carbocycles. The highest BCUT2D eigenvalue weighted by molar-refractivity contribution is 7.90. The van der Waals surface area contributed by atoms with E-state index in [1.54, 1.807) is 6.20 Å². The maximum absolute atomic E-state index is 11.0. The molecule has 1 N–H and O–H groups in total. The van der Waals surface area contributed by atoms with E-state index >= 15 is 0 Å². The predicted molar refractivity (Wildman–Crippen MR) is 79.8 cm³/mol. The minimum Gasteiger partial charge on any atom is -0.490 e. The molecule has 0 unspecified atom stereocenters. The van der Waals surface area contributed by atoms with Crippen LogP contribution in [0.3, 0.4) is 0 Å². The van der Waals surface area contributed by atoms with Gasteiger partial charge in [0.25, 0.3) is 0 Å². The first-order chi connectivity index (χ1) is 9.56.